The Bertz CT molecular complexity index is 736. The molecular formula is C16H24N6O8. The van der Waals surface area contributed by atoms with Crippen LogP contribution in [0.2, 0.25) is 0 Å². The highest BCUT2D eigenvalue weighted by molar-refractivity contribution is 6.02. The maximum Gasteiger partial charge on any atom is 0.331 e. The lowest BCUT2D eigenvalue weighted by Gasteiger charge is -2.17. The van der Waals surface area contributed by atoms with Crippen molar-refractivity contribution >= 4 is 35.4 Å². The molecule has 0 aliphatic carbocycles. The molecule has 2 atom stereocenters. The number of aromatic nitrogens is 2. The lowest BCUT2D eigenvalue weighted by Crippen LogP contribution is -2.45. The zero-order chi connectivity index (χ0) is 22.8. The number of amides is 2. The van der Waals surface area contributed by atoms with Crippen molar-refractivity contribution in [1.82, 2.24) is 20.6 Å². The molecule has 0 saturated heterocycles. The number of esters is 2. The predicted molar refractivity (Wildman–Crippen MR) is 101 cm³/mol. The highest BCUT2D eigenvalue weighted by atomic mass is 16.5. The summed E-state index contributed by atoms with van der Waals surface area (Å²) >= 11 is 0. The van der Waals surface area contributed by atoms with Crippen LogP contribution in [0.5, 0.6) is 0 Å². The fraction of sp³-hybridized carbons (Fsp3) is 0.500. The summed E-state index contributed by atoms with van der Waals surface area (Å²) in [6.07, 6.45) is 0. The number of ether oxygens (including phenoxy) is 2. The first-order valence-electron chi connectivity index (χ1n) is 8.79. The third-order valence-corrected chi connectivity index (χ3v) is 3.50. The summed E-state index contributed by atoms with van der Waals surface area (Å²) in [6.45, 7) is 1.67. The van der Waals surface area contributed by atoms with Crippen molar-refractivity contribution < 1.29 is 38.9 Å². The van der Waals surface area contributed by atoms with Crippen LogP contribution in [0.4, 0.5) is 11.6 Å². The Hall–Kier alpha value is -3.52. The van der Waals surface area contributed by atoms with Crippen LogP contribution in [0.25, 0.3) is 0 Å². The Morgan fingerprint density at radius 2 is 1.17 bits per heavy atom. The summed E-state index contributed by atoms with van der Waals surface area (Å²) in [5, 5.41) is 22.8. The molecule has 0 bridgehead atoms. The molecule has 0 aromatic carbocycles. The molecule has 166 valence electrons. The fourth-order valence-electron chi connectivity index (χ4n) is 2.09. The second-order valence-corrected chi connectivity index (χ2v) is 5.61. The van der Waals surface area contributed by atoms with E-state index in [0.29, 0.717) is 0 Å². The molecule has 14 nitrogen and oxygen atoms in total. The smallest absolute Gasteiger partial charge is 0.331 e. The van der Waals surface area contributed by atoms with Crippen LogP contribution in [0.1, 0.15) is 34.8 Å². The number of hydrogen-bond acceptors (Lipinski definition) is 12. The Morgan fingerprint density at radius 1 is 0.833 bits per heavy atom. The van der Waals surface area contributed by atoms with Crippen LogP contribution in [0, 0.1) is 0 Å². The quantitative estimate of drug-likeness (QED) is 0.204. The number of nitrogens with zero attached hydrogens (tertiary/aromatic N) is 2. The van der Waals surface area contributed by atoms with Gasteiger partial charge in [-0.25, -0.2) is 19.6 Å². The third kappa shape index (κ3) is 6.25. The fourth-order valence-corrected chi connectivity index (χ4v) is 2.09. The topological polar surface area (TPSA) is 229 Å². The van der Waals surface area contributed by atoms with Gasteiger partial charge < -0.3 is 41.8 Å². The molecule has 8 N–H and O–H groups in total. The molecule has 1 heterocycles. The molecule has 14 heteroatoms. The van der Waals surface area contributed by atoms with Crippen LogP contribution in [-0.4, -0.2) is 82.4 Å². The van der Waals surface area contributed by atoms with Gasteiger partial charge in [0, 0.05) is 0 Å². The Balaban J connectivity index is 3.02. The van der Waals surface area contributed by atoms with Gasteiger partial charge in [0.05, 0.1) is 26.4 Å². The minimum Gasteiger partial charge on any atom is -0.464 e. The summed E-state index contributed by atoms with van der Waals surface area (Å²) < 4.78 is 9.41. The number of aliphatic hydroxyl groups is 2. The molecule has 0 aliphatic rings. The first-order chi connectivity index (χ1) is 14.2. The minimum absolute atomic E-state index is 0.0323. The van der Waals surface area contributed by atoms with Gasteiger partial charge in [0.25, 0.3) is 11.8 Å². The van der Waals surface area contributed by atoms with E-state index in [0.717, 1.165) is 0 Å². The molecule has 1 rings (SSSR count). The second-order valence-electron chi connectivity index (χ2n) is 5.61. The van der Waals surface area contributed by atoms with Crippen molar-refractivity contribution in [1.29, 1.82) is 0 Å². The predicted octanol–water partition coefficient (Wildman–Crippen LogP) is -3.05. The lowest BCUT2D eigenvalue weighted by molar-refractivity contribution is -0.147. The van der Waals surface area contributed by atoms with E-state index in [2.05, 4.69) is 20.6 Å². The summed E-state index contributed by atoms with van der Waals surface area (Å²) in [5.41, 5.74) is 10.3. The normalized spacial score (nSPS) is 12.4. The number of nitrogen functional groups attached to an aromatic ring is 2. The van der Waals surface area contributed by atoms with Gasteiger partial charge in [-0.15, -0.1) is 0 Å². The molecule has 0 aliphatic heterocycles. The van der Waals surface area contributed by atoms with Crippen molar-refractivity contribution in [3.05, 3.63) is 11.4 Å². The SMILES string of the molecule is CCOC(=O)[C@@H](CO)NC(=O)c1nc(N)c(C(=O)N[C@H](CO)C(=O)OCC)nc1N. The average molecular weight is 428 g/mol. The molecule has 0 fully saturated rings. The first-order valence-corrected chi connectivity index (χ1v) is 8.79. The van der Waals surface area contributed by atoms with Crippen molar-refractivity contribution in [2.45, 2.75) is 25.9 Å². The van der Waals surface area contributed by atoms with Crippen molar-refractivity contribution in [2.75, 3.05) is 37.9 Å². The van der Waals surface area contributed by atoms with E-state index in [1.54, 1.807) is 13.8 Å². The van der Waals surface area contributed by atoms with Gasteiger partial charge in [0.1, 0.15) is 0 Å². The van der Waals surface area contributed by atoms with Gasteiger partial charge in [-0.05, 0) is 13.8 Å². The number of aliphatic hydroxyl groups excluding tert-OH is 2. The highest BCUT2D eigenvalue weighted by Crippen LogP contribution is 2.14. The maximum atomic E-state index is 12.3. The van der Waals surface area contributed by atoms with E-state index in [-0.39, 0.29) is 13.2 Å². The van der Waals surface area contributed by atoms with Crippen LogP contribution in [-0.2, 0) is 19.1 Å². The molecule has 0 spiro atoms. The summed E-state index contributed by atoms with van der Waals surface area (Å²) in [7, 11) is 0. The Labute approximate surface area is 170 Å². The van der Waals surface area contributed by atoms with E-state index in [1.165, 1.54) is 0 Å². The van der Waals surface area contributed by atoms with E-state index < -0.39 is 72.1 Å². The minimum atomic E-state index is -1.38. The van der Waals surface area contributed by atoms with Crippen molar-refractivity contribution in [3.8, 4) is 0 Å². The molecule has 0 saturated carbocycles. The van der Waals surface area contributed by atoms with Crippen LogP contribution >= 0.6 is 0 Å². The third-order valence-electron chi connectivity index (χ3n) is 3.50. The Morgan fingerprint density at radius 3 is 1.43 bits per heavy atom. The van der Waals surface area contributed by atoms with E-state index in [4.69, 9.17) is 20.9 Å². The zero-order valence-electron chi connectivity index (χ0n) is 16.4. The highest BCUT2D eigenvalue weighted by Gasteiger charge is 2.28. The monoisotopic (exact) mass is 428 g/mol. The summed E-state index contributed by atoms with van der Waals surface area (Å²) in [6, 6.07) is -2.75. The number of hydrogen-bond donors (Lipinski definition) is 6. The van der Waals surface area contributed by atoms with Gasteiger partial charge in [-0.3, -0.25) is 9.59 Å². The van der Waals surface area contributed by atoms with Gasteiger partial charge in [-0.1, -0.05) is 0 Å². The number of nitrogens with two attached hydrogens (primary N) is 2. The van der Waals surface area contributed by atoms with Crippen molar-refractivity contribution in [3.63, 3.8) is 0 Å². The molecular weight excluding hydrogens is 404 g/mol. The molecule has 1 aromatic heterocycles. The van der Waals surface area contributed by atoms with E-state index >= 15 is 0 Å². The molecule has 0 radical (unpaired) electrons. The molecule has 0 unspecified atom stereocenters. The van der Waals surface area contributed by atoms with E-state index in [9.17, 15) is 29.4 Å². The van der Waals surface area contributed by atoms with E-state index in [1.807, 2.05) is 0 Å². The molecule has 30 heavy (non-hydrogen) atoms. The Kier molecular flexibility index (Phi) is 9.38. The number of carbonyl (C=O) groups excluding carboxylic acids is 4. The van der Waals surface area contributed by atoms with Crippen LogP contribution < -0.4 is 22.1 Å². The number of carbonyl (C=O) groups is 4. The standard InChI is InChI=1S/C16H24N6O8/c1-3-29-15(27)7(5-23)19-13(25)9-11(17)22-10(12(18)21-9)14(26)20-8(6-24)16(28)30-4-2/h7-8,23-24H,3-6H2,1-2H3,(H2,18,21)(H2,17,22)(H,19,25)(H,20,26)/t7-,8-/m1/s1. The van der Waals surface area contributed by atoms with Crippen LogP contribution in [0.3, 0.4) is 0 Å². The largest absolute Gasteiger partial charge is 0.464 e. The molecule has 2 amide bonds. The zero-order valence-corrected chi connectivity index (χ0v) is 16.4. The number of nitrogens with one attached hydrogen (secondary N) is 2. The van der Waals surface area contributed by atoms with Crippen LogP contribution in [0.15, 0.2) is 0 Å². The molecule has 1 aromatic rings. The van der Waals surface area contributed by atoms with Gasteiger partial charge >= 0.3 is 11.9 Å². The van der Waals surface area contributed by atoms with Crippen molar-refractivity contribution in [2.24, 2.45) is 0 Å². The number of rotatable bonds is 10. The lowest BCUT2D eigenvalue weighted by atomic mass is 10.2. The maximum absolute atomic E-state index is 12.3. The van der Waals surface area contributed by atoms with Gasteiger partial charge in [0.15, 0.2) is 35.1 Å². The summed E-state index contributed by atoms with van der Waals surface area (Å²) in [4.78, 5) is 55.3. The second kappa shape index (κ2) is 11.5. The first kappa shape index (κ1) is 24.5. The average Bonchev–Trinajstić information content (AvgIpc) is 2.71. The number of anilines is 2. The van der Waals surface area contributed by atoms with Gasteiger partial charge in [-0.2, -0.15) is 0 Å². The summed E-state index contributed by atoms with van der Waals surface area (Å²) in [5.74, 6) is -4.76. The van der Waals surface area contributed by atoms with Gasteiger partial charge in [0.2, 0.25) is 0 Å².